The smallest absolute Gasteiger partial charge is 0.220 e. The van der Waals surface area contributed by atoms with Gasteiger partial charge in [0.15, 0.2) is 0 Å². The zero-order chi connectivity index (χ0) is 18.3. The van der Waals surface area contributed by atoms with Crippen molar-refractivity contribution < 1.29 is 17.0 Å². The van der Waals surface area contributed by atoms with Gasteiger partial charge in [-0.3, -0.25) is 0 Å². The summed E-state index contributed by atoms with van der Waals surface area (Å²) < 4.78 is 2.35. The number of anilines is 3. The fourth-order valence-electron chi connectivity index (χ4n) is 3.67. The zero-order valence-corrected chi connectivity index (χ0v) is 16.0. The van der Waals surface area contributed by atoms with Gasteiger partial charge >= 0.3 is 0 Å². The van der Waals surface area contributed by atoms with E-state index in [4.69, 9.17) is 17.2 Å². The van der Waals surface area contributed by atoms with Crippen molar-refractivity contribution in [2.75, 3.05) is 17.2 Å². The second-order valence-electron chi connectivity index (χ2n) is 6.70. The van der Waals surface area contributed by atoms with Gasteiger partial charge in [0.1, 0.15) is 6.54 Å². The highest BCUT2D eigenvalue weighted by molar-refractivity contribution is 6.10. The molecule has 3 aromatic carbocycles. The average molecular weight is 379 g/mol. The molecule has 0 saturated heterocycles. The lowest BCUT2D eigenvalue weighted by Gasteiger charge is -2.13. The summed E-state index contributed by atoms with van der Waals surface area (Å²) in [5.74, 6) is 0. The van der Waals surface area contributed by atoms with Crippen LogP contribution in [0.1, 0.15) is 13.3 Å². The average Bonchev–Trinajstić information content (AvgIpc) is 2.63. The molecule has 4 rings (SSSR count). The Hall–Kier alpha value is -2.98. The molecule has 4 aromatic rings. The van der Waals surface area contributed by atoms with Crippen LogP contribution < -0.4 is 34.2 Å². The third-order valence-corrected chi connectivity index (χ3v) is 4.80. The Bertz CT molecular complexity index is 1120. The summed E-state index contributed by atoms with van der Waals surface area (Å²) in [6, 6.07) is 20.2. The van der Waals surface area contributed by atoms with Crippen molar-refractivity contribution in [1.29, 1.82) is 0 Å². The molecule has 0 aliphatic carbocycles. The number of pyridine rings is 1. The van der Waals surface area contributed by atoms with E-state index in [9.17, 15) is 0 Å². The van der Waals surface area contributed by atoms with Crippen LogP contribution in [0.3, 0.4) is 0 Å². The quantitative estimate of drug-likeness (QED) is 0.284. The number of hydrogen-bond acceptors (Lipinski definition) is 3. The maximum atomic E-state index is 6.14. The van der Waals surface area contributed by atoms with Gasteiger partial charge in [0, 0.05) is 40.5 Å². The summed E-state index contributed by atoms with van der Waals surface area (Å²) in [6.45, 7) is 3.08. The van der Waals surface area contributed by atoms with E-state index in [2.05, 4.69) is 47.9 Å². The maximum absolute atomic E-state index is 6.14. The maximum Gasteiger partial charge on any atom is 0.220 e. The van der Waals surface area contributed by atoms with Gasteiger partial charge in [0.25, 0.3) is 0 Å². The predicted octanol–water partition coefficient (Wildman–Crippen LogP) is 1.11. The van der Waals surface area contributed by atoms with E-state index >= 15 is 0 Å². The van der Waals surface area contributed by atoms with E-state index in [1.165, 1.54) is 10.8 Å². The van der Waals surface area contributed by atoms with Gasteiger partial charge in [-0.1, -0.05) is 13.0 Å². The molecule has 0 radical (unpaired) electrons. The second-order valence-corrected chi connectivity index (χ2v) is 6.70. The lowest BCUT2D eigenvalue weighted by molar-refractivity contribution is -0.659. The highest BCUT2D eigenvalue weighted by Gasteiger charge is 2.23. The highest BCUT2D eigenvalue weighted by atomic mass is 35.5. The predicted molar refractivity (Wildman–Crippen MR) is 111 cm³/mol. The molecule has 1 heterocycles. The largest absolute Gasteiger partial charge is 1.00 e. The van der Waals surface area contributed by atoms with Crippen LogP contribution in [0.25, 0.3) is 32.9 Å². The highest BCUT2D eigenvalue weighted by Crippen LogP contribution is 2.33. The molecule has 138 valence electrons. The molecule has 0 aliphatic rings. The first-order valence-corrected chi connectivity index (χ1v) is 8.88. The molecule has 0 amide bonds. The fourth-order valence-corrected chi connectivity index (χ4v) is 3.67. The molecule has 0 aliphatic heterocycles. The first-order chi connectivity index (χ1) is 12.6. The van der Waals surface area contributed by atoms with Gasteiger partial charge in [-0.15, -0.1) is 0 Å². The van der Waals surface area contributed by atoms with E-state index in [1.54, 1.807) is 0 Å². The van der Waals surface area contributed by atoms with Gasteiger partial charge in [0.2, 0.25) is 11.2 Å². The Morgan fingerprint density at radius 1 is 0.704 bits per heavy atom. The Kier molecular flexibility index (Phi) is 5.10. The van der Waals surface area contributed by atoms with Crippen molar-refractivity contribution in [3.8, 4) is 11.3 Å². The molecule has 0 spiro atoms. The Labute approximate surface area is 165 Å². The van der Waals surface area contributed by atoms with Crippen molar-refractivity contribution >= 4 is 38.7 Å². The molecule has 0 fully saturated rings. The van der Waals surface area contributed by atoms with Crippen molar-refractivity contribution in [1.82, 2.24) is 0 Å². The Morgan fingerprint density at radius 2 is 1.30 bits per heavy atom. The van der Waals surface area contributed by atoms with Gasteiger partial charge in [0.05, 0.1) is 10.8 Å². The summed E-state index contributed by atoms with van der Waals surface area (Å²) in [7, 11) is 0. The van der Waals surface area contributed by atoms with Crippen LogP contribution >= 0.6 is 0 Å². The number of hydrogen-bond donors (Lipinski definition) is 3. The van der Waals surface area contributed by atoms with Crippen LogP contribution in [0.2, 0.25) is 0 Å². The first-order valence-electron chi connectivity index (χ1n) is 8.88. The van der Waals surface area contributed by atoms with Crippen LogP contribution in [0.5, 0.6) is 0 Å². The number of rotatable bonds is 3. The lowest BCUT2D eigenvalue weighted by atomic mass is 9.98. The molecular formula is C22H23ClN4. The van der Waals surface area contributed by atoms with Crippen molar-refractivity contribution in [2.45, 2.75) is 19.9 Å². The monoisotopic (exact) mass is 378 g/mol. The lowest BCUT2D eigenvalue weighted by Crippen LogP contribution is -3.00. The molecule has 0 atom stereocenters. The number of nitrogens with two attached hydrogens (primary N) is 3. The normalized spacial score (nSPS) is 10.9. The van der Waals surface area contributed by atoms with E-state index in [-0.39, 0.29) is 12.4 Å². The zero-order valence-electron chi connectivity index (χ0n) is 15.2. The molecule has 5 heteroatoms. The van der Waals surface area contributed by atoms with Crippen LogP contribution in [0.4, 0.5) is 17.1 Å². The summed E-state index contributed by atoms with van der Waals surface area (Å²) >= 11 is 0. The van der Waals surface area contributed by atoms with Crippen LogP contribution in [-0.4, -0.2) is 0 Å². The number of nitrogens with zero attached hydrogens (tertiary/aromatic N) is 1. The van der Waals surface area contributed by atoms with E-state index in [1.807, 2.05) is 24.3 Å². The number of benzene rings is 3. The minimum atomic E-state index is 0. The van der Waals surface area contributed by atoms with Gasteiger partial charge in [-0.25, -0.2) is 0 Å². The topological polar surface area (TPSA) is 81.9 Å². The van der Waals surface area contributed by atoms with Gasteiger partial charge in [-0.05, 0) is 48.5 Å². The molecule has 4 nitrogen and oxygen atoms in total. The number of fused-ring (bicyclic) bond motifs is 3. The SMILES string of the molecule is CCC[n+]1c(-c2ccc(N)cc2)c2cc(N)ccc2c2ccc(N)cc21.[Cl-]. The molecule has 0 bridgehead atoms. The molecule has 1 aromatic heterocycles. The van der Waals surface area contributed by atoms with Gasteiger partial charge < -0.3 is 29.6 Å². The van der Waals surface area contributed by atoms with Crippen LogP contribution in [-0.2, 0) is 6.54 Å². The molecule has 0 unspecified atom stereocenters. The first kappa shape index (κ1) is 18.8. The Balaban J connectivity index is 0.00000210. The molecule has 6 N–H and O–H groups in total. The minimum Gasteiger partial charge on any atom is -1.00 e. The summed E-state index contributed by atoms with van der Waals surface area (Å²) in [6.07, 6.45) is 1.02. The number of aryl methyl sites for hydroxylation is 1. The van der Waals surface area contributed by atoms with Crippen LogP contribution in [0.15, 0.2) is 60.7 Å². The summed E-state index contributed by atoms with van der Waals surface area (Å²) in [5, 5.41) is 3.50. The molecular weight excluding hydrogens is 356 g/mol. The third-order valence-electron chi connectivity index (χ3n) is 4.80. The van der Waals surface area contributed by atoms with E-state index in [0.717, 1.165) is 52.2 Å². The van der Waals surface area contributed by atoms with Crippen molar-refractivity contribution in [3.05, 3.63) is 60.7 Å². The molecule has 0 saturated carbocycles. The minimum absolute atomic E-state index is 0. The third kappa shape index (κ3) is 3.24. The molecule has 27 heavy (non-hydrogen) atoms. The van der Waals surface area contributed by atoms with Crippen molar-refractivity contribution in [2.24, 2.45) is 0 Å². The number of aromatic nitrogens is 1. The number of nitrogen functional groups attached to an aromatic ring is 3. The summed E-state index contributed by atoms with van der Waals surface area (Å²) in [5.41, 5.74) is 23.8. The second kappa shape index (κ2) is 7.33. The van der Waals surface area contributed by atoms with Crippen molar-refractivity contribution in [3.63, 3.8) is 0 Å². The van der Waals surface area contributed by atoms with E-state index in [0.29, 0.717) is 0 Å². The summed E-state index contributed by atoms with van der Waals surface area (Å²) in [4.78, 5) is 0. The van der Waals surface area contributed by atoms with E-state index < -0.39 is 0 Å². The Morgan fingerprint density at radius 3 is 1.96 bits per heavy atom. The standard InChI is InChI=1S/C22H22N4.ClH/c1-2-11-26-21-13-17(25)8-10-19(21)18-9-7-16(24)12-20(18)22(26)14-3-5-15(23)6-4-14;/h3-10,12-13H,2,11,24H2,1H3,(H3,23,25);1H. The van der Waals surface area contributed by atoms with Crippen LogP contribution in [0, 0.1) is 0 Å². The fraction of sp³-hybridized carbons (Fsp3) is 0.136. The van der Waals surface area contributed by atoms with Gasteiger partial charge in [-0.2, -0.15) is 4.57 Å². The number of halogens is 1.